The van der Waals surface area contributed by atoms with Crippen molar-refractivity contribution in [2.75, 3.05) is 13.2 Å². The van der Waals surface area contributed by atoms with Gasteiger partial charge in [0.05, 0.1) is 27.7 Å². The Morgan fingerprint density at radius 2 is 1.95 bits per heavy atom. The molecule has 2 rings (SSSR count). The van der Waals surface area contributed by atoms with Gasteiger partial charge in [-0.1, -0.05) is 23.2 Å². The Hall–Kier alpha value is -0.330. The Kier molecular flexibility index (Phi) is 4.42. The molecule has 0 aromatic heterocycles. The molecule has 0 amide bonds. The van der Waals surface area contributed by atoms with E-state index in [1.165, 1.54) is 22.5 Å². The molecule has 1 aliphatic heterocycles. The van der Waals surface area contributed by atoms with Gasteiger partial charge in [-0.15, -0.1) is 0 Å². The van der Waals surface area contributed by atoms with Gasteiger partial charge in [0.2, 0.25) is 10.0 Å². The summed E-state index contributed by atoms with van der Waals surface area (Å²) in [4.78, 5) is 0.155. The Morgan fingerprint density at radius 1 is 1.26 bits per heavy atom. The molecule has 0 aliphatic carbocycles. The Morgan fingerprint density at radius 3 is 2.58 bits per heavy atom. The molecule has 106 valence electrons. The number of hydrogen-bond donors (Lipinski definition) is 0. The number of sulfonamides is 1. The predicted octanol–water partition coefficient (Wildman–Crippen LogP) is 2.79. The highest BCUT2D eigenvalue weighted by Gasteiger charge is 2.34. The fraction of sp³-hybridized carbons (Fsp3) is 0.500. The van der Waals surface area contributed by atoms with Crippen LogP contribution in [0.4, 0.5) is 0 Å². The van der Waals surface area contributed by atoms with Crippen molar-refractivity contribution in [3.8, 4) is 0 Å². The Balaban J connectivity index is 2.38. The van der Waals surface area contributed by atoms with Crippen molar-refractivity contribution in [3.63, 3.8) is 0 Å². The first-order chi connectivity index (χ1) is 8.82. The third kappa shape index (κ3) is 3.06. The highest BCUT2D eigenvalue weighted by molar-refractivity contribution is 7.89. The van der Waals surface area contributed by atoms with Crippen LogP contribution in [0, 0.1) is 0 Å². The highest BCUT2D eigenvalue weighted by atomic mass is 35.5. The van der Waals surface area contributed by atoms with Crippen molar-refractivity contribution in [2.24, 2.45) is 0 Å². The smallest absolute Gasteiger partial charge is 0.243 e. The summed E-state index contributed by atoms with van der Waals surface area (Å²) in [6.45, 7) is 4.40. The van der Waals surface area contributed by atoms with E-state index in [-0.39, 0.29) is 22.1 Å². The molecule has 1 aromatic carbocycles. The van der Waals surface area contributed by atoms with E-state index in [0.29, 0.717) is 18.2 Å². The molecular formula is C12H15Cl2NO3S. The van der Waals surface area contributed by atoms with Crippen molar-refractivity contribution in [1.82, 2.24) is 4.31 Å². The predicted molar refractivity (Wildman–Crippen MR) is 75.2 cm³/mol. The fourth-order valence-corrected chi connectivity index (χ4v) is 4.06. The van der Waals surface area contributed by atoms with Crippen LogP contribution in [-0.4, -0.2) is 38.0 Å². The SMILES string of the molecule is CC1CN(S(=O)(=O)c2ccc(Cl)c(Cl)c2)C(C)CO1. The zero-order chi connectivity index (χ0) is 14.2. The lowest BCUT2D eigenvalue weighted by Gasteiger charge is -2.35. The van der Waals surface area contributed by atoms with E-state index in [1.807, 2.05) is 13.8 Å². The number of benzene rings is 1. The van der Waals surface area contributed by atoms with E-state index in [2.05, 4.69) is 0 Å². The van der Waals surface area contributed by atoms with Crippen LogP contribution in [-0.2, 0) is 14.8 Å². The van der Waals surface area contributed by atoms with E-state index in [4.69, 9.17) is 27.9 Å². The molecule has 2 atom stereocenters. The van der Waals surface area contributed by atoms with Gasteiger partial charge in [-0.2, -0.15) is 4.31 Å². The summed E-state index contributed by atoms with van der Waals surface area (Å²) in [7, 11) is -3.57. The minimum absolute atomic E-state index is 0.117. The molecule has 1 aromatic rings. The van der Waals surface area contributed by atoms with Gasteiger partial charge in [-0.25, -0.2) is 8.42 Å². The number of hydrogen-bond acceptors (Lipinski definition) is 3. The minimum atomic E-state index is -3.57. The fourth-order valence-electron chi connectivity index (χ4n) is 1.98. The molecule has 0 N–H and O–H groups in total. The summed E-state index contributed by atoms with van der Waals surface area (Å²) in [6, 6.07) is 4.14. The second-order valence-corrected chi connectivity index (χ2v) is 7.35. The summed E-state index contributed by atoms with van der Waals surface area (Å²) in [5, 5.41) is 0.570. The Labute approximate surface area is 123 Å². The normalized spacial score (nSPS) is 25.5. The van der Waals surface area contributed by atoms with Gasteiger partial charge < -0.3 is 4.74 Å². The van der Waals surface area contributed by atoms with Crippen molar-refractivity contribution >= 4 is 33.2 Å². The average molecular weight is 324 g/mol. The maximum Gasteiger partial charge on any atom is 0.243 e. The van der Waals surface area contributed by atoms with E-state index >= 15 is 0 Å². The number of halogens is 2. The number of ether oxygens (including phenoxy) is 1. The first-order valence-electron chi connectivity index (χ1n) is 5.91. The standard InChI is InChI=1S/C12H15Cl2NO3S/c1-8-7-18-9(2)6-15(8)19(16,17)10-3-4-11(13)12(14)5-10/h3-5,8-9H,6-7H2,1-2H3. The monoisotopic (exact) mass is 323 g/mol. The van der Waals surface area contributed by atoms with E-state index in [0.717, 1.165) is 0 Å². The molecule has 0 bridgehead atoms. The first kappa shape index (κ1) is 15.1. The van der Waals surface area contributed by atoms with Crippen LogP contribution in [0.2, 0.25) is 10.0 Å². The van der Waals surface area contributed by atoms with Gasteiger partial charge in [0.25, 0.3) is 0 Å². The third-order valence-corrected chi connectivity index (χ3v) is 5.76. The summed E-state index contributed by atoms with van der Waals surface area (Å²) in [5.41, 5.74) is 0. The molecule has 0 radical (unpaired) electrons. The molecule has 1 saturated heterocycles. The van der Waals surface area contributed by atoms with Gasteiger partial charge in [0.15, 0.2) is 0 Å². The summed E-state index contributed by atoms with van der Waals surface area (Å²) in [6.07, 6.45) is -0.117. The first-order valence-corrected chi connectivity index (χ1v) is 8.10. The zero-order valence-electron chi connectivity index (χ0n) is 10.6. The Bertz CT molecular complexity index is 576. The summed E-state index contributed by atoms with van der Waals surface area (Å²) < 4.78 is 32.0. The topological polar surface area (TPSA) is 46.6 Å². The minimum Gasteiger partial charge on any atom is -0.375 e. The molecule has 7 heteroatoms. The van der Waals surface area contributed by atoms with Gasteiger partial charge in [0, 0.05) is 12.6 Å². The molecule has 19 heavy (non-hydrogen) atoms. The maximum atomic E-state index is 12.6. The van der Waals surface area contributed by atoms with E-state index in [1.54, 1.807) is 0 Å². The quantitative estimate of drug-likeness (QED) is 0.840. The highest BCUT2D eigenvalue weighted by Crippen LogP contribution is 2.28. The largest absolute Gasteiger partial charge is 0.375 e. The number of nitrogens with zero attached hydrogens (tertiary/aromatic N) is 1. The van der Waals surface area contributed by atoms with Crippen molar-refractivity contribution in [1.29, 1.82) is 0 Å². The van der Waals surface area contributed by atoms with Crippen molar-refractivity contribution < 1.29 is 13.2 Å². The van der Waals surface area contributed by atoms with Crippen LogP contribution < -0.4 is 0 Å². The van der Waals surface area contributed by atoms with Crippen LogP contribution in [0.15, 0.2) is 23.1 Å². The molecule has 1 fully saturated rings. The lowest BCUT2D eigenvalue weighted by atomic mass is 10.2. The summed E-state index contributed by atoms with van der Waals surface area (Å²) in [5.74, 6) is 0. The molecular weight excluding hydrogens is 309 g/mol. The molecule has 0 spiro atoms. The second kappa shape index (κ2) is 5.58. The molecule has 0 saturated carbocycles. The molecule has 1 aliphatic rings. The van der Waals surface area contributed by atoms with Crippen molar-refractivity contribution in [3.05, 3.63) is 28.2 Å². The zero-order valence-corrected chi connectivity index (χ0v) is 13.0. The van der Waals surface area contributed by atoms with Gasteiger partial charge in [-0.05, 0) is 32.0 Å². The number of morpholine rings is 1. The van der Waals surface area contributed by atoms with Crippen LogP contribution in [0.25, 0.3) is 0 Å². The third-order valence-electron chi connectivity index (χ3n) is 3.05. The van der Waals surface area contributed by atoms with E-state index in [9.17, 15) is 8.42 Å². The van der Waals surface area contributed by atoms with Gasteiger partial charge in [-0.3, -0.25) is 0 Å². The van der Waals surface area contributed by atoms with Crippen LogP contribution in [0.5, 0.6) is 0 Å². The molecule has 4 nitrogen and oxygen atoms in total. The van der Waals surface area contributed by atoms with Crippen LogP contribution >= 0.6 is 23.2 Å². The molecule has 1 heterocycles. The van der Waals surface area contributed by atoms with Crippen LogP contribution in [0.1, 0.15) is 13.8 Å². The lowest BCUT2D eigenvalue weighted by molar-refractivity contribution is -0.0170. The lowest BCUT2D eigenvalue weighted by Crippen LogP contribution is -2.50. The number of rotatable bonds is 2. The van der Waals surface area contributed by atoms with Crippen LogP contribution in [0.3, 0.4) is 0 Å². The molecule has 2 unspecified atom stereocenters. The maximum absolute atomic E-state index is 12.6. The van der Waals surface area contributed by atoms with Gasteiger partial charge >= 0.3 is 0 Å². The summed E-state index contributed by atoms with van der Waals surface area (Å²) >= 11 is 11.7. The van der Waals surface area contributed by atoms with Crippen molar-refractivity contribution in [2.45, 2.75) is 30.9 Å². The second-order valence-electron chi connectivity index (χ2n) is 4.64. The average Bonchev–Trinajstić information content (AvgIpc) is 2.35. The van der Waals surface area contributed by atoms with Gasteiger partial charge in [0.1, 0.15) is 0 Å². The van der Waals surface area contributed by atoms with E-state index < -0.39 is 10.0 Å².